The lowest BCUT2D eigenvalue weighted by Gasteiger charge is -2.34. The van der Waals surface area contributed by atoms with Gasteiger partial charge in [0.05, 0.1) is 6.33 Å². The van der Waals surface area contributed by atoms with Crippen LogP contribution in [0.2, 0.25) is 0 Å². The van der Waals surface area contributed by atoms with Crippen LogP contribution in [0.1, 0.15) is 28.9 Å². The van der Waals surface area contributed by atoms with Crippen LogP contribution in [0.3, 0.4) is 0 Å². The Morgan fingerprint density at radius 2 is 2.00 bits per heavy atom. The highest BCUT2D eigenvalue weighted by Crippen LogP contribution is 2.26. The molecule has 1 aliphatic rings. The molecule has 0 atom stereocenters. The fourth-order valence-corrected chi connectivity index (χ4v) is 3.66. The topological polar surface area (TPSA) is 60.2 Å². The summed E-state index contributed by atoms with van der Waals surface area (Å²) < 4.78 is 34.8. The van der Waals surface area contributed by atoms with Crippen molar-refractivity contribution in [2.45, 2.75) is 25.4 Å². The number of benzene rings is 1. The summed E-state index contributed by atoms with van der Waals surface area (Å²) in [4.78, 5) is 22.8. The molecular weight excluding hydrogens is 390 g/mol. The highest BCUT2D eigenvalue weighted by atomic mass is 19.1. The molecule has 6 nitrogen and oxygen atoms in total. The average Bonchev–Trinajstić information content (AvgIpc) is 3.20. The molecule has 3 heterocycles. The van der Waals surface area contributed by atoms with Gasteiger partial charge in [0.25, 0.3) is 5.91 Å². The Kier molecular flexibility index (Phi) is 5.85. The molecule has 156 valence electrons. The maximum Gasteiger partial charge on any atom is 0.274 e. The molecular formula is C22H22F2N4O2. The molecule has 3 aromatic rings. The van der Waals surface area contributed by atoms with Gasteiger partial charge >= 0.3 is 0 Å². The summed E-state index contributed by atoms with van der Waals surface area (Å²) in [7, 11) is 1.81. The van der Waals surface area contributed by atoms with Crippen molar-refractivity contribution < 1.29 is 18.3 Å². The van der Waals surface area contributed by atoms with E-state index in [1.165, 1.54) is 24.4 Å². The lowest BCUT2D eigenvalue weighted by Crippen LogP contribution is -2.43. The number of nitrogens with zero attached hydrogens (tertiary/aromatic N) is 4. The van der Waals surface area contributed by atoms with Crippen LogP contribution in [0.15, 0.2) is 49.1 Å². The van der Waals surface area contributed by atoms with Crippen LogP contribution in [-0.2, 0) is 18.3 Å². The van der Waals surface area contributed by atoms with Crippen LogP contribution in [0.4, 0.5) is 8.78 Å². The quantitative estimate of drug-likeness (QED) is 0.601. The maximum atomic E-state index is 14.4. The summed E-state index contributed by atoms with van der Waals surface area (Å²) in [5, 5.41) is 0. The Morgan fingerprint density at radius 3 is 2.67 bits per heavy atom. The number of ether oxygens (including phenoxy) is 1. The van der Waals surface area contributed by atoms with E-state index in [0.717, 1.165) is 18.4 Å². The summed E-state index contributed by atoms with van der Waals surface area (Å²) in [6.07, 6.45) is 6.04. The Bertz CT molecular complexity index is 1030. The minimum Gasteiger partial charge on any atom is -0.381 e. The number of halogens is 2. The van der Waals surface area contributed by atoms with Gasteiger partial charge in [0, 0.05) is 56.4 Å². The summed E-state index contributed by atoms with van der Waals surface area (Å²) in [5.41, 5.74) is 1.93. The van der Waals surface area contributed by atoms with Gasteiger partial charge in [-0.15, -0.1) is 0 Å². The predicted octanol–water partition coefficient (Wildman–Crippen LogP) is 3.58. The summed E-state index contributed by atoms with van der Waals surface area (Å²) in [6.45, 7) is 1.49. The standard InChI is InChI=1S/C22H22F2N4O2/c1-27-13-20(26-14-27)22(29)28(17-6-8-30-9-7-17)12-15-2-4-19(23)18(10-15)16-3-5-21(24)25-11-16/h2-5,10-11,13-14,17H,6-9,12H2,1H3. The molecule has 8 heteroatoms. The number of rotatable bonds is 5. The molecule has 0 unspecified atom stereocenters. The number of amides is 1. The Morgan fingerprint density at radius 1 is 1.20 bits per heavy atom. The first-order valence-electron chi connectivity index (χ1n) is 9.78. The van der Waals surface area contributed by atoms with Gasteiger partial charge in [-0.2, -0.15) is 4.39 Å². The monoisotopic (exact) mass is 412 g/mol. The molecule has 1 aromatic carbocycles. The molecule has 0 radical (unpaired) electrons. The summed E-state index contributed by atoms with van der Waals surface area (Å²) >= 11 is 0. The normalized spacial score (nSPS) is 14.6. The number of pyridine rings is 1. The van der Waals surface area contributed by atoms with E-state index >= 15 is 0 Å². The van der Waals surface area contributed by atoms with Crippen molar-refractivity contribution >= 4 is 5.91 Å². The van der Waals surface area contributed by atoms with Crippen molar-refractivity contribution in [1.29, 1.82) is 0 Å². The number of imidazole rings is 1. The second kappa shape index (κ2) is 8.71. The number of aryl methyl sites for hydroxylation is 1. The van der Waals surface area contributed by atoms with E-state index in [1.54, 1.807) is 34.1 Å². The first kappa shape index (κ1) is 20.2. The molecule has 1 amide bonds. The number of hydrogen-bond acceptors (Lipinski definition) is 4. The van der Waals surface area contributed by atoms with Crippen molar-refractivity contribution in [1.82, 2.24) is 19.4 Å². The van der Waals surface area contributed by atoms with Gasteiger partial charge in [-0.25, -0.2) is 14.4 Å². The third-order valence-corrected chi connectivity index (χ3v) is 5.24. The summed E-state index contributed by atoms with van der Waals surface area (Å²) in [6, 6.07) is 7.40. The van der Waals surface area contributed by atoms with Gasteiger partial charge in [-0.05, 0) is 42.7 Å². The van der Waals surface area contributed by atoms with Gasteiger partial charge in [0.1, 0.15) is 11.5 Å². The molecule has 2 aromatic heterocycles. The van der Waals surface area contributed by atoms with Crippen LogP contribution in [0.25, 0.3) is 11.1 Å². The molecule has 30 heavy (non-hydrogen) atoms. The number of hydrogen-bond donors (Lipinski definition) is 0. The zero-order valence-electron chi connectivity index (χ0n) is 16.6. The molecule has 0 spiro atoms. The largest absolute Gasteiger partial charge is 0.381 e. The molecule has 1 aliphatic heterocycles. The Labute approximate surface area is 173 Å². The molecule has 1 fully saturated rings. The zero-order chi connectivity index (χ0) is 21.1. The van der Waals surface area contributed by atoms with Gasteiger partial charge in [-0.3, -0.25) is 4.79 Å². The Hall–Kier alpha value is -3.13. The van der Waals surface area contributed by atoms with Crippen molar-refractivity contribution in [3.8, 4) is 11.1 Å². The molecule has 1 saturated heterocycles. The minimum absolute atomic E-state index is 0.00856. The predicted molar refractivity (Wildman–Crippen MR) is 107 cm³/mol. The highest BCUT2D eigenvalue weighted by Gasteiger charge is 2.28. The van der Waals surface area contributed by atoms with Crippen molar-refractivity contribution in [2.24, 2.45) is 7.05 Å². The number of aromatic nitrogens is 3. The highest BCUT2D eigenvalue weighted by molar-refractivity contribution is 5.92. The van der Waals surface area contributed by atoms with Gasteiger partial charge in [0.2, 0.25) is 5.95 Å². The van der Waals surface area contributed by atoms with E-state index < -0.39 is 11.8 Å². The minimum atomic E-state index is -0.623. The van der Waals surface area contributed by atoms with Crippen molar-refractivity contribution in [3.05, 3.63) is 72.1 Å². The average molecular weight is 412 g/mol. The zero-order valence-corrected chi connectivity index (χ0v) is 16.6. The van der Waals surface area contributed by atoms with Crippen LogP contribution >= 0.6 is 0 Å². The first-order valence-corrected chi connectivity index (χ1v) is 9.78. The van der Waals surface area contributed by atoms with Crippen LogP contribution in [-0.4, -0.2) is 44.6 Å². The van der Waals surface area contributed by atoms with E-state index in [2.05, 4.69) is 9.97 Å². The lowest BCUT2D eigenvalue weighted by molar-refractivity contribution is 0.0264. The molecule has 4 rings (SSSR count). The molecule has 0 bridgehead atoms. The third kappa shape index (κ3) is 4.38. The van der Waals surface area contributed by atoms with Gasteiger partial charge < -0.3 is 14.2 Å². The fourth-order valence-electron chi connectivity index (χ4n) is 3.66. The van der Waals surface area contributed by atoms with E-state index in [1.807, 2.05) is 7.05 Å². The molecule has 0 N–H and O–H groups in total. The number of carbonyl (C=O) groups is 1. The Balaban J connectivity index is 1.64. The second-order valence-corrected chi connectivity index (χ2v) is 7.38. The number of carbonyl (C=O) groups excluding carboxylic acids is 1. The van der Waals surface area contributed by atoms with Crippen molar-refractivity contribution in [2.75, 3.05) is 13.2 Å². The van der Waals surface area contributed by atoms with Crippen LogP contribution in [0, 0.1) is 11.8 Å². The second-order valence-electron chi connectivity index (χ2n) is 7.38. The van der Waals surface area contributed by atoms with Gasteiger partial charge in [-0.1, -0.05) is 6.07 Å². The van der Waals surface area contributed by atoms with E-state index in [4.69, 9.17) is 4.74 Å². The lowest BCUT2D eigenvalue weighted by atomic mass is 10.0. The molecule has 0 saturated carbocycles. The van der Waals surface area contributed by atoms with Gasteiger partial charge in [0.15, 0.2) is 0 Å². The first-order chi connectivity index (χ1) is 14.5. The summed E-state index contributed by atoms with van der Waals surface area (Å²) in [5.74, 6) is -1.22. The van der Waals surface area contributed by atoms with Crippen LogP contribution in [0.5, 0.6) is 0 Å². The molecule has 0 aliphatic carbocycles. The fraction of sp³-hybridized carbons (Fsp3) is 0.318. The van der Waals surface area contributed by atoms with E-state index in [-0.39, 0.29) is 11.9 Å². The SMILES string of the molecule is Cn1cnc(C(=O)N(Cc2ccc(F)c(-c3ccc(F)nc3)c2)C2CCOCC2)c1. The smallest absolute Gasteiger partial charge is 0.274 e. The third-order valence-electron chi connectivity index (χ3n) is 5.24. The van der Waals surface area contributed by atoms with Crippen LogP contribution < -0.4 is 0 Å². The van der Waals surface area contributed by atoms with Crippen molar-refractivity contribution in [3.63, 3.8) is 0 Å². The maximum absolute atomic E-state index is 14.4. The van der Waals surface area contributed by atoms with E-state index in [0.29, 0.717) is 36.6 Å². The van der Waals surface area contributed by atoms with E-state index in [9.17, 15) is 13.6 Å².